The summed E-state index contributed by atoms with van der Waals surface area (Å²) < 4.78 is 1.58. The van der Waals surface area contributed by atoms with E-state index in [0.717, 1.165) is 13.0 Å². The van der Waals surface area contributed by atoms with Crippen LogP contribution in [0.2, 0.25) is 5.28 Å². The van der Waals surface area contributed by atoms with E-state index in [1.54, 1.807) is 0 Å². The fraction of sp³-hybridized carbons (Fsp3) is 0. The van der Waals surface area contributed by atoms with Crippen LogP contribution < -0.4 is 0 Å². The molecule has 0 atom stereocenters. The van der Waals surface area contributed by atoms with Crippen LogP contribution in [-0.2, 0) is 0 Å². The molecule has 0 aromatic carbocycles. The Morgan fingerprint density at radius 1 is 1.17 bits per heavy atom. The lowest BCUT2D eigenvalue weighted by Crippen LogP contribution is -1.87. The third-order valence-corrected chi connectivity index (χ3v) is 2.71. The highest BCUT2D eigenvalue weighted by Crippen LogP contribution is 2.17. The summed E-state index contributed by atoms with van der Waals surface area (Å²) in [6.45, 7) is 0. The minimum absolute atomic E-state index is 0.231. The van der Waals surface area contributed by atoms with Crippen molar-refractivity contribution in [3.8, 4) is 0 Å². The van der Waals surface area contributed by atoms with E-state index in [-0.39, 0.29) is 5.28 Å². The van der Waals surface area contributed by atoms with E-state index in [4.69, 9.17) is 11.6 Å². The predicted molar refractivity (Wildman–Crippen MR) is 62.1 cm³/mol. The van der Waals surface area contributed by atoms with Gasteiger partial charge in [0.25, 0.3) is 0 Å². The van der Waals surface area contributed by atoms with E-state index in [9.17, 15) is 0 Å². The maximum absolute atomic E-state index is 5.65. The van der Waals surface area contributed by atoms with Gasteiger partial charge in [0.1, 0.15) is 9.22 Å². The smallest absolute Gasteiger partial charge is 0.225 e. The van der Waals surface area contributed by atoms with Crippen LogP contribution in [0, 0.1) is 7.53 Å². The van der Waals surface area contributed by atoms with Gasteiger partial charge in [0, 0.05) is 0 Å². The van der Waals surface area contributed by atoms with Gasteiger partial charge in [0.15, 0.2) is 9.48 Å². The minimum atomic E-state index is 0.231. The number of hydrogen-bond acceptors (Lipinski definition) is 3. The van der Waals surface area contributed by atoms with Crippen LogP contribution in [0.1, 0.15) is 0 Å². The fourth-order valence-electron chi connectivity index (χ4n) is 0.810. The van der Waals surface area contributed by atoms with Crippen molar-refractivity contribution in [2.45, 2.75) is 0 Å². The number of H-pyrrole nitrogens is 1. The molecule has 0 aliphatic rings. The molecule has 0 spiro atoms. The van der Waals surface area contributed by atoms with E-state index in [1.807, 2.05) is 0 Å². The van der Waals surface area contributed by atoms with Gasteiger partial charge in [-0.25, -0.2) is 9.97 Å². The van der Waals surface area contributed by atoms with Crippen molar-refractivity contribution < 1.29 is 0 Å². The summed E-state index contributed by atoms with van der Waals surface area (Å²) in [4.78, 5) is 15.1. The zero-order valence-corrected chi connectivity index (χ0v) is 10.5. The minimum Gasteiger partial charge on any atom is -0.330 e. The number of rotatable bonds is 0. The van der Waals surface area contributed by atoms with E-state index in [1.165, 1.54) is 0 Å². The average Bonchev–Trinajstić information content (AvgIpc) is 2.29. The first kappa shape index (κ1) is 8.88. The second-order valence-electron chi connectivity index (χ2n) is 2.01. The molecule has 0 fully saturated rings. The summed E-state index contributed by atoms with van der Waals surface area (Å²) in [5, 5.41) is 0.231. The van der Waals surface area contributed by atoms with Crippen molar-refractivity contribution >= 4 is 67.9 Å². The highest BCUT2D eigenvalue weighted by Gasteiger charge is 2.07. The molecule has 0 amide bonds. The predicted octanol–water partition coefficient (Wildman–Crippen LogP) is 2.22. The second-order valence-corrected chi connectivity index (χ2v) is 4.39. The number of fused-ring (bicyclic) bond motifs is 1. The molecule has 62 valence electrons. The van der Waals surface area contributed by atoms with Crippen molar-refractivity contribution in [2.24, 2.45) is 0 Å². The maximum atomic E-state index is 5.65. The zero-order valence-electron chi connectivity index (χ0n) is 5.48. The summed E-state index contributed by atoms with van der Waals surface area (Å²) in [6, 6.07) is 0. The number of aromatic amines is 1. The largest absolute Gasteiger partial charge is 0.330 e. The molecule has 0 radical (unpaired) electrons. The Bertz CT molecular complexity index is 440. The van der Waals surface area contributed by atoms with Crippen LogP contribution >= 0.6 is 56.8 Å². The van der Waals surface area contributed by atoms with Crippen molar-refractivity contribution in [2.75, 3.05) is 0 Å². The molecule has 2 rings (SSSR count). The summed E-state index contributed by atoms with van der Waals surface area (Å²) >= 11 is 9.82. The Labute approximate surface area is 99.8 Å². The summed E-state index contributed by atoms with van der Waals surface area (Å²) in [7, 11) is 0. The summed E-state index contributed by atoms with van der Waals surface area (Å²) in [6.07, 6.45) is 0. The molecule has 0 aliphatic carbocycles. The highest BCUT2D eigenvalue weighted by atomic mass is 127. The first-order chi connectivity index (χ1) is 5.66. The summed E-state index contributed by atoms with van der Waals surface area (Å²) in [5.74, 6) is 0. The number of imidazole rings is 1. The van der Waals surface area contributed by atoms with Crippen molar-refractivity contribution in [3.05, 3.63) is 12.8 Å². The zero-order chi connectivity index (χ0) is 8.72. The Balaban J connectivity index is 2.88. The topological polar surface area (TPSA) is 54.5 Å². The number of halogens is 3. The third kappa shape index (κ3) is 1.51. The van der Waals surface area contributed by atoms with Crippen molar-refractivity contribution in [1.82, 2.24) is 19.9 Å². The SMILES string of the molecule is Clc1nc(I)c2[nH]c(I)nc2n1. The molecule has 2 aromatic rings. The Morgan fingerprint density at radius 2 is 1.92 bits per heavy atom. The molecular formula is C5HClI2N4. The average molecular weight is 406 g/mol. The lowest BCUT2D eigenvalue weighted by atomic mass is 10.6. The Hall–Kier alpha value is 0.300. The van der Waals surface area contributed by atoms with Crippen LogP contribution in [-0.4, -0.2) is 19.9 Å². The molecule has 0 saturated heterocycles. The van der Waals surface area contributed by atoms with Gasteiger partial charge in [-0.05, 0) is 56.8 Å². The van der Waals surface area contributed by atoms with Crippen molar-refractivity contribution in [3.63, 3.8) is 0 Å². The van der Waals surface area contributed by atoms with Gasteiger partial charge < -0.3 is 4.98 Å². The molecule has 4 nitrogen and oxygen atoms in total. The number of nitrogens with zero attached hydrogens (tertiary/aromatic N) is 3. The number of aromatic nitrogens is 4. The lowest BCUT2D eigenvalue weighted by Gasteiger charge is -1.91. The van der Waals surface area contributed by atoms with Crippen molar-refractivity contribution in [1.29, 1.82) is 0 Å². The van der Waals surface area contributed by atoms with Crippen LogP contribution in [0.3, 0.4) is 0 Å². The molecular weight excluding hydrogens is 405 g/mol. The lowest BCUT2D eigenvalue weighted by molar-refractivity contribution is 1.17. The normalized spacial score (nSPS) is 10.9. The highest BCUT2D eigenvalue weighted by molar-refractivity contribution is 14.1. The van der Waals surface area contributed by atoms with Gasteiger partial charge in [0.2, 0.25) is 5.28 Å². The Kier molecular flexibility index (Phi) is 2.38. The number of nitrogens with one attached hydrogen (secondary N) is 1. The van der Waals surface area contributed by atoms with E-state index in [0.29, 0.717) is 5.65 Å². The van der Waals surface area contributed by atoms with Gasteiger partial charge >= 0.3 is 0 Å². The van der Waals surface area contributed by atoms with Gasteiger partial charge in [-0.1, -0.05) is 0 Å². The van der Waals surface area contributed by atoms with Gasteiger partial charge in [-0.2, -0.15) is 4.98 Å². The molecule has 7 heteroatoms. The molecule has 0 saturated carbocycles. The van der Waals surface area contributed by atoms with E-state index < -0.39 is 0 Å². The number of hydrogen-bond donors (Lipinski definition) is 1. The third-order valence-electron chi connectivity index (χ3n) is 1.25. The molecule has 0 unspecified atom stereocenters. The second kappa shape index (κ2) is 3.22. The van der Waals surface area contributed by atoms with Gasteiger partial charge in [0.05, 0.1) is 0 Å². The molecule has 0 aliphatic heterocycles. The molecule has 2 heterocycles. The standard InChI is InChI=1S/C5HClI2N4/c6-4-10-2(7)1-3(11-4)12-5(8)9-1/h(H,9,10,11,12). The van der Waals surface area contributed by atoms with Gasteiger partial charge in [-0.3, -0.25) is 0 Å². The summed E-state index contributed by atoms with van der Waals surface area (Å²) in [5.41, 5.74) is 1.45. The van der Waals surface area contributed by atoms with Crippen LogP contribution in [0.25, 0.3) is 11.2 Å². The monoisotopic (exact) mass is 406 g/mol. The first-order valence-corrected chi connectivity index (χ1v) is 5.44. The van der Waals surface area contributed by atoms with Crippen LogP contribution in [0.5, 0.6) is 0 Å². The molecule has 0 bridgehead atoms. The van der Waals surface area contributed by atoms with Crippen LogP contribution in [0.4, 0.5) is 0 Å². The van der Waals surface area contributed by atoms with Gasteiger partial charge in [-0.15, -0.1) is 0 Å². The quantitative estimate of drug-likeness (QED) is 0.316. The molecule has 12 heavy (non-hydrogen) atoms. The molecule has 2 aromatic heterocycles. The van der Waals surface area contributed by atoms with E-state index >= 15 is 0 Å². The van der Waals surface area contributed by atoms with E-state index in [2.05, 4.69) is 65.1 Å². The fourth-order valence-corrected chi connectivity index (χ4v) is 2.22. The Morgan fingerprint density at radius 3 is 2.67 bits per heavy atom. The first-order valence-electron chi connectivity index (χ1n) is 2.91. The molecule has 1 N–H and O–H groups in total. The van der Waals surface area contributed by atoms with Crippen LogP contribution in [0.15, 0.2) is 0 Å². The maximum Gasteiger partial charge on any atom is 0.225 e.